The number of carbonyl (C=O) groups is 1. The summed E-state index contributed by atoms with van der Waals surface area (Å²) in [7, 11) is 0. The van der Waals surface area contributed by atoms with E-state index < -0.39 is 4.92 Å². The number of nitrogens with zero attached hydrogens (tertiary/aromatic N) is 3. The van der Waals surface area contributed by atoms with Gasteiger partial charge in [0.25, 0.3) is 0 Å². The Kier molecular flexibility index (Phi) is 5.51. The van der Waals surface area contributed by atoms with Crippen LogP contribution in [0.25, 0.3) is 5.57 Å². The molecule has 124 valence electrons. The summed E-state index contributed by atoms with van der Waals surface area (Å²) in [6, 6.07) is 2.93. The van der Waals surface area contributed by atoms with Gasteiger partial charge in [-0.05, 0) is 24.5 Å². The van der Waals surface area contributed by atoms with Crippen LogP contribution in [0.2, 0.25) is 0 Å². The highest BCUT2D eigenvalue weighted by atomic mass is 16.6. The number of pyridine rings is 1. The van der Waals surface area contributed by atoms with Crippen molar-refractivity contribution >= 4 is 23.2 Å². The lowest BCUT2D eigenvalue weighted by Gasteiger charge is -2.25. The first-order valence-corrected chi connectivity index (χ1v) is 7.55. The number of aromatic nitrogens is 1. The van der Waals surface area contributed by atoms with E-state index in [4.69, 9.17) is 10.5 Å². The lowest BCUT2D eigenvalue weighted by molar-refractivity contribution is -0.384. The molecule has 1 aromatic rings. The van der Waals surface area contributed by atoms with Crippen LogP contribution in [-0.2, 0) is 4.74 Å². The van der Waals surface area contributed by atoms with Crippen LogP contribution in [0.15, 0.2) is 18.2 Å². The van der Waals surface area contributed by atoms with E-state index in [1.807, 2.05) is 13.0 Å². The van der Waals surface area contributed by atoms with Gasteiger partial charge in [0.15, 0.2) is 0 Å². The Balaban J connectivity index is 2.00. The van der Waals surface area contributed by atoms with Crippen LogP contribution in [-0.4, -0.2) is 40.6 Å². The second-order valence-corrected chi connectivity index (χ2v) is 5.25. The maximum atomic E-state index is 11.9. The van der Waals surface area contributed by atoms with Crippen molar-refractivity contribution in [3.63, 3.8) is 0 Å². The number of amides is 1. The molecule has 0 saturated carbocycles. The van der Waals surface area contributed by atoms with Crippen LogP contribution in [0.1, 0.15) is 31.9 Å². The van der Waals surface area contributed by atoms with Gasteiger partial charge >= 0.3 is 11.8 Å². The van der Waals surface area contributed by atoms with Crippen molar-refractivity contribution < 1.29 is 14.5 Å². The first kappa shape index (κ1) is 16.7. The summed E-state index contributed by atoms with van der Waals surface area (Å²) in [5.41, 5.74) is 6.93. The number of hydrogen-bond donors (Lipinski definition) is 1. The SMILES string of the molecule is CCCCOC(=O)N1CC=C(c2ccc([N+](=O)[O-])c(N)n2)CC1. The second-order valence-electron chi connectivity index (χ2n) is 5.25. The number of nitrogens with two attached hydrogens (primary N) is 1. The Labute approximate surface area is 134 Å². The van der Waals surface area contributed by atoms with Crippen LogP contribution >= 0.6 is 0 Å². The van der Waals surface area contributed by atoms with Gasteiger partial charge in [-0.1, -0.05) is 19.4 Å². The number of nitro groups is 1. The Bertz CT molecular complexity index is 630. The van der Waals surface area contributed by atoms with E-state index in [2.05, 4.69) is 4.98 Å². The molecule has 0 fully saturated rings. The Hall–Kier alpha value is -2.64. The Morgan fingerprint density at radius 3 is 2.87 bits per heavy atom. The third kappa shape index (κ3) is 4.18. The maximum absolute atomic E-state index is 11.9. The molecule has 8 heteroatoms. The maximum Gasteiger partial charge on any atom is 0.410 e. The monoisotopic (exact) mass is 320 g/mol. The molecule has 8 nitrogen and oxygen atoms in total. The van der Waals surface area contributed by atoms with Crippen molar-refractivity contribution in [3.8, 4) is 0 Å². The summed E-state index contributed by atoms with van der Waals surface area (Å²) >= 11 is 0. The lowest BCUT2D eigenvalue weighted by Crippen LogP contribution is -2.35. The van der Waals surface area contributed by atoms with Crippen molar-refractivity contribution in [1.29, 1.82) is 0 Å². The number of nitrogen functional groups attached to an aromatic ring is 1. The highest BCUT2D eigenvalue weighted by molar-refractivity contribution is 5.72. The molecule has 1 amide bonds. The molecule has 2 rings (SSSR count). The second kappa shape index (κ2) is 7.57. The molecule has 1 aromatic heterocycles. The van der Waals surface area contributed by atoms with Crippen molar-refractivity contribution in [2.75, 3.05) is 25.4 Å². The van der Waals surface area contributed by atoms with Gasteiger partial charge < -0.3 is 15.4 Å². The van der Waals surface area contributed by atoms with Crippen molar-refractivity contribution in [1.82, 2.24) is 9.88 Å². The molecule has 0 unspecified atom stereocenters. The minimum atomic E-state index is -0.560. The van der Waals surface area contributed by atoms with Crippen LogP contribution in [0.4, 0.5) is 16.3 Å². The van der Waals surface area contributed by atoms with Gasteiger partial charge in [0, 0.05) is 19.2 Å². The fraction of sp³-hybridized carbons (Fsp3) is 0.467. The van der Waals surface area contributed by atoms with Crippen molar-refractivity contribution in [2.45, 2.75) is 26.2 Å². The number of anilines is 1. The summed E-state index contributed by atoms with van der Waals surface area (Å²) in [4.78, 5) is 27.7. The predicted octanol–water partition coefficient (Wildman–Crippen LogP) is 2.60. The molecule has 23 heavy (non-hydrogen) atoms. The molecule has 0 aromatic carbocycles. The fourth-order valence-corrected chi connectivity index (χ4v) is 2.26. The van der Waals surface area contributed by atoms with Gasteiger partial charge in [-0.15, -0.1) is 0 Å². The summed E-state index contributed by atoms with van der Waals surface area (Å²) in [6.45, 7) is 3.42. The third-order valence-corrected chi connectivity index (χ3v) is 3.62. The molecule has 1 aliphatic rings. The van der Waals surface area contributed by atoms with Gasteiger partial charge in [-0.25, -0.2) is 9.78 Å². The van der Waals surface area contributed by atoms with E-state index in [0.29, 0.717) is 31.8 Å². The van der Waals surface area contributed by atoms with Crippen LogP contribution in [0.3, 0.4) is 0 Å². The summed E-state index contributed by atoms with van der Waals surface area (Å²) in [5, 5.41) is 10.7. The molecule has 2 heterocycles. The quantitative estimate of drug-likeness (QED) is 0.507. The number of ether oxygens (including phenoxy) is 1. The molecule has 0 atom stereocenters. The number of unbranched alkanes of at least 4 members (excludes halogenated alkanes) is 1. The molecule has 0 bridgehead atoms. The molecule has 1 aliphatic heterocycles. The highest BCUT2D eigenvalue weighted by Crippen LogP contribution is 2.26. The largest absolute Gasteiger partial charge is 0.449 e. The van der Waals surface area contributed by atoms with Gasteiger partial charge in [-0.2, -0.15) is 0 Å². The normalized spacial score (nSPS) is 14.3. The summed E-state index contributed by atoms with van der Waals surface area (Å²) < 4.78 is 5.17. The summed E-state index contributed by atoms with van der Waals surface area (Å²) in [6.07, 6.45) is 3.99. The van der Waals surface area contributed by atoms with Gasteiger partial charge in [0.1, 0.15) is 0 Å². The fourth-order valence-electron chi connectivity index (χ4n) is 2.26. The molecule has 2 N–H and O–H groups in total. The van der Waals surface area contributed by atoms with E-state index in [-0.39, 0.29) is 17.6 Å². The van der Waals surface area contributed by atoms with Crippen LogP contribution in [0.5, 0.6) is 0 Å². The van der Waals surface area contributed by atoms with E-state index in [9.17, 15) is 14.9 Å². The van der Waals surface area contributed by atoms with E-state index in [0.717, 1.165) is 18.4 Å². The Morgan fingerprint density at radius 2 is 2.30 bits per heavy atom. The molecule has 0 aliphatic carbocycles. The van der Waals surface area contributed by atoms with Crippen LogP contribution in [0, 0.1) is 10.1 Å². The molecular weight excluding hydrogens is 300 g/mol. The predicted molar refractivity (Wildman–Crippen MR) is 85.7 cm³/mol. The van der Waals surface area contributed by atoms with Crippen molar-refractivity contribution in [3.05, 3.63) is 34.0 Å². The van der Waals surface area contributed by atoms with Gasteiger partial charge in [0.2, 0.25) is 5.82 Å². The molecule has 0 saturated heterocycles. The Morgan fingerprint density at radius 1 is 1.52 bits per heavy atom. The van der Waals surface area contributed by atoms with E-state index in [1.165, 1.54) is 6.07 Å². The van der Waals surface area contributed by atoms with Crippen LogP contribution < -0.4 is 5.73 Å². The molecule has 0 spiro atoms. The average molecular weight is 320 g/mol. The number of rotatable bonds is 5. The van der Waals surface area contributed by atoms with Gasteiger partial charge in [0.05, 0.1) is 17.2 Å². The van der Waals surface area contributed by atoms with Crippen molar-refractivity contribution in [2.24, 2.45) is 0 Å². The van der Waals surface area contributed by atoms with E-state index >= 15 is 0 Å². The first-order valence-electron chi connectivity index (χ1n) is 7.55. The minimum Gasteiger partial charge on any atom is -0.449 e. The average Bonchev–Trinajstić information content (AvgIpc) is 2.54. The smallest absolute Gasteiger partial charge is 0.410 e. The number of hydrogen-bond acceptors (Lipinski definition) is 6. The zero-order valence-corrected chi connectivity index (χ0v) is 13.0. The summed E-state index contributed by atoms with van der Waals surface area (Å²) in [5.74, 6) is -0.102. The van der Waals surface area contributed by atoms with Gasteiger partial charge in [-0.3, -0.25) is 10.1 Å². The van der Waals surface area contributed by atoms with E-state index in [1.54, 1.807) is 11.0 Å². The molecular formula is C15H20N4O4. The zero-order valence-electron chi connectivity index (χ0n) is 13.0. The minimum absolute atomic E-state index is 0.102. The number of carbonyl (C=O) groups excluding carboxylic acids is 1. The lowest BCUT2D eigenvalue weighted by atomic mass is 10.0. The highest BCUT2D eigenvalue weighted by Gasteiger charge is 2.21. The zero-order chi connectivity index (χ0) is 16.8. The third-order valence-electron chi connectivity index (χ3n) is 3.62. The topological polar surface area (TPSA) is 112 Å². The molecule has 0 radical (unpaired) electrons. The standard InChI is InChI=1S/C15H20N4O4/c1-2-3-10-23-15(20)18-8-6-11(7-9-18)12-4-5-13(19(21)22)14(16)17-12/h4-6H,2-3,7-10H2,1H3,(H2,16,17). The first-order chi connectivity index (χ1) is 11.0.